The van der Waals surface area contributed by atoms with E-state index in [0.29, 0.717) is 16.5 Å². The van der Waals surface area contributed by atoms with Crippen LogP contribution < -0.4 is 4.74 Å². The molecule has 1 N–H and O–H groups in total. The van der Waals surface area contributed by atoms with Gasteiger partial charge < -0.3 is 14.4 Å². The largest absolute Gasteiger partial charge is 0.494 e. The molecule has 1 unspecified atom stereocenters. The van der Waals surface area contributed by atoms with Crippen molar-refractivity contribution in [3.05, 3.63) is 54.9 Å². The molecule has 0 fully saturated rings. The number of benzene rings is 2. The fourth-order valence-corrected chi connectivity index (χ4v) is 3.10. The maximum absolute atomic E-state index is 13.4. The first-order valence-corrected chi connectivity index (χ1v) is 8.44. The van der Waals surface area contributed by atoms with Crippen LogP contribution in [0.2, 0.25) is 0 Å². The Bertz CT molecular complexity index is 1150. The van der Waals surface area contributed by atoms with E-state index in [4.69, 9.17) is 11.6 Å². The van der Waals surface area contributed by atoms with Crippen molar-refractivity contribution < 1.29 is 23.0 Å². The summed E-state index contributed by atoms with van der Waals surface area (Å²) >= 11 is 4.81. The van der Waals surface area contributed by atoms with Gasteiger partial charge in [-0.1, -0.05) is 11.6 Å². The summed E-state index contributed by atoms with van der Waals surface area (Å²) in [7, 11) is 1.93. The van der Waals surface area contributed by atoms with Crippen molar-refractivity contribution in [2.24, 2.45) is 7.05 Å². The Labute approximate surface area is 156 Å². The van der Waals surface area contributed by atoms with Crippen LogP contribution in [-0.4, -0.2) is 26.0 Å². The van der Waals surface area contributed by atoms with E-state index in [1.54, 1.807) is 10.8 Å². The molecule has 140 valence electrons. The average Bonchev–Trinajstić information content (AvgIpc) is 3.15. The Kier molecular flexibility index (Phi) is 3.99. The summed E-state index contributed by atoms with van der Waals surface area (Å²) in [6.45, 7) is 0. The Morgan fingerprint density at radius 1 is 1.11 bits per heavy atom. The maximum Gasteiger partial charge on any atom is 0.444 e. The first-order chi connectivity index (χ1) is 12.8. The van der Waals surface area contributed by atoms with Crippen LogP contribution in [0.15, 0.2) is 54.9 Å². The molecule has 2 heterocycles. The monoisotopic (exact) mass is 394 g/mol. The minimum atomic E-state index is -4.17. The lowest BCUT2D eigenvalue weighted by Gasteiger charge is -2.17. The molecular weight excluding hydrogens is 381 g/mol. The number of hydrogen-bond donors (Lipinski definition) is 1. The van der Waals surface area contributed by atoms with Gasteiger partial charge >= 0.3 is 6.11 Å². The van der Waals surface area contributed by atoms with Crippen LogP contribution in [0.25, 0.3) is 27.4 Å². The quantitative estimate of drug-likeness (QED) is 0.475. The molecule has 0 aliphatic carbocycles. The summed E-state index contributed by atoms with van der Waals surface area (Å²) in [5, 5.41) is 12.5. The molecule has 0 bridgehead atoms. The van der Waals surface area contributed by atoms with Crippen LogP contribution in [0.4, 0.5) is 13.2 Å². The predicted octanol–water partition coefficient (Wildman–Crippen LogP) is 5.33. The molecule has 2 aromatic heterocycles. The van der Waals surface area contributed by atoms with Gasteiger partial charge in [-0.05, 0) is 42.5 Å². The van der Waals surface area contributed by atoms with Gasteiger partial charge in [0.2, 0.25) is 5.88 Å². The van der Waals surface area contributed by atoms with E-state index in [2.05, 4.69) is 4.74 Å². The number of alkyl halides is 4. The highest BCUT2D eigenvalue weighted by Crippen LogP contribution is 2.36. The first-order valence-electron chi connectivity index (χ1n) is 8.01. The summed E-state index contributed by atoms with van der Waals surface area (Å²) in [4.78, 5) is 0. The zero-order valence-electron chi connectivity index (χ0n) is 14.0. The third kappa shape index (κ3) is 2.98. The van der Waals surface area contributed by atoms with Crippen LogP contribution in [0.5, 0.6) is 11.6 Å². The molecule has 0 amide bonds. The fourth-order valence-electron chi connectivity index (χ4n) is 3.05. The van der Waals surface area contributed by atoms with Gasteiger partial charge in [-0.25, -0.2) is 4.39 Å². The van der Waals surface area contributed by atoms with Gasteiger partial charge in [-0.15, -0.1) is 0 Å². The summed E-state index contributed by atoms with van der Waals surface area (Å²) in [6, 6.07) is 11.6. The van der Waals surface area contributed by atoms with Crippen LogP contribution in [0.3, 0.4) is 0 Å². The highest BCUT2D eigenvalue weighted by Gasteiger charge is 2.42. The molecule has 4 nitrogen and oxygen atoms in total. The topological polar surface area (TPSA) is 39.3 Å². The number of aromatic hydroxyl groups is 1. The molecule has 27 heavy (non-hydrogen) atoms. The van der Waals surface area contributed by atoms with Crippen molar-refractivity contribution in [2.45, 2.75) is 11.7 Å². The number of nitrogens with zero attached hydrogens (tertiary/aromatic N) is 2. The highest BCUT2D eigenvalue weighted by atomic mass is 35.5. The van der Waals surface area contributed by atoms with Crippen molar-refractivity contribution in [1.29, 1.82) is 0 Å². The molecule has 0 spiro atoms. The summed E-state index contributed by atoms with van der Waals surface area (Å²) in [6.07, 6.45) is -0.568. The van der Waals surface area contributed by atoms with E-state index < -0.39 is 11.7 Å². The van der Waals surface area contributed by atoms with Gasteiger partial charge in [0.15, 0.2) is 0 Å². The average molecular weight is 395 g/mol. The summed E-state index contributed by atoms with van der Waals surface area (Å²) in [5.74, 6) is -0.445. The molecule has 4 rings (SSSR count). The third-order valence-corrected chi connectivity index (χ3v) is 4.67. The van der Waals surface area contributed by atoms with Crippen molar-refractivity contribution in [3.63, 3.8) is 0 Å². The summed E-state index contributed by atoms with van der Waals surface area (Å²) in [5.41, 5.74) is -1.24. The number of aryl methyl sites for hydroxylation is 1. The van der Waals surface area contributed by atoms with Gasteiger partial charge in [0.05, 0.1) is 0 Å². The van der Waals surface area contributed by atoms with Crippen LogP contribution in [0, 0.1) is 0 Å². The number of hydrogen-bond acceptors (Lipinski definition) is 2. The summed E-state index contributed by atoms with van der Waals surface area (Å²) < 4.78 is 47.3. The van der Waals surface area contributed by atoms with Crippen LogP contribution in [-0.2, 0) is 7.05 Å². The number of rotatable bonds is 4. The lowest BCUT2D eigenvalue weighted by molar-refractivity contribution is -0.198. The van der Waals surface area contributed by atoms with Crippen molar-refractivity contribution in [2.75, 3.05) is 0 Å². The van der Waals surface area contributed by atoms with Crippen LogP contribution >= 0.6 is 11.6 Å². The van der Waals surface area contributed by atoms with Gasteiger partial charge in [0, 0.05) is 46.8 Å². The van der Waals surface area contributed by atoms with Gasteiger partial charge in [-0.2, -0.15) is 8.78 Å². The second kappa shape index (κ2) is 6.13. The molecule has 0 radical (unpaired) electrons. The standard InChI is InChI=1S/C19H14ClF3N2O2/c1-24-7-6-11-8-13(3-5-16(11)24)25-10-12-2-4-14(9-15(12)17(25)26)27-19(22,23)18(20)21/h2-10,18,26H,1H3. The van der Waals surface area contributed by atoms with Crippen molar-refractivity contribution in [3.8, 4) is 17.3 Å². The predicted molar refractivity (Wildman–Crippen MR) is 97.7 cm³/mol. The Morgan fingerprint density at radius 3 is 2.63 bits per heavy atom. The van der Waals surface area contributed by atoms with E-state index in [-0.39, 0.29) is 11.6 Å². The number of fused-ring (bicyclic) bond motifs is 2. The normalized spacial score (nSPS) is 13.4. The smallest absolute Gasteiger partial charge is 0.444 e. The molecule has 0 saturated heterocycles. The van der Waals surface area contributed by atoms with Gasteiger partial charge in [0.25, 0.3) is 5.63 Å². The minimum Gasteiger partial charge on any atom is -0.494 e. The maximum atomic E-state index is 13.4. The number of aromatic nitrogens is 2. The highest BCUT2D eigenvalue weighted by molar-refractivity contribution is 6.20. The van der Waals surface area contributed by atoms with E-state index in [1.807, 2.05) is 42.1 Å². The Morgan fingerprint density at radius 2 is 1.89 bits per heavy atom. The molecule has 4 aromatic rings. The second-order valence-electron chi connectivity index (χ2n) is 6.21. The van der Waals surface area contributed by atoms with E-state index in [9.17, 15) is 18.3 Å². The number of halogens is 4. The SMILES string of the molecule is Cn1ccc2cc(-n3cc4ccc(OC(F)(F)C(F)Cl)cc4c3O)ccc21. The van der Waals surface area contributed by atoms with Crippen molar-refractivity contribution in [1.82, 2.24) is 9.13 Å². The Hall–Kier alpha value is -2.80. The zero-order chi connectivity index (χ0) is 19.3. The van der Waals surface area contributed by atoms with E-state index in [1.165, 1.54) is 18.2 Å². The van der Waals surface area contributed by atoms with Gasteiger partial charge in [-0.3, -0.25) is 4.57 Å². The van der Waals surface area contributed by atoms with E-state index >= 15 is 0 Å². The van der Waals surface area contributed by atoms with Crippen molar-refractivity contribution >= 4 is 33.3 Å². The van der Waals surface area contributed by atoms with E-state index in [0.717, 1.165) is 10.9 Å². The molecule has 8 heteroatoms. The third-order valence-electron chi connectivity index (χ3n) is 4.42. The molecule has 0 aliphatic heterocycles. The molecule has 0 aliphatic rings. The first kappa shape index (κ1) is 17.6. The molecule has 1 atom stereocenters. The lowest BCUT2D eigenvalue weighted by Crippen LogP contribution is -2.32. The zero-order valence-corrected chi connectivity index (χ0v) is 14.8. The minimum absolute atomic E-state index is 0.142. The van der Waals surface area contributed by atoms with Crippen LogP contribution in [0.1, 0.15) is 0 Å². The molecule has 2 aromatic carbocycles. The van der Waals surface area contributed by atoms with Gasteiger partial charge in [0.1, 0.15) is 5.75 Å². The molecular formula is C19H14ClF3N2O2. The fraction of sp³-hybridized carbons (Fsp3) is 0.158. The lowest BCUT2D eigenvalue weighted by atomic mass is 10.2. The number of ether oxygens (including phenoxy) is 1. The Balaban J connectivity index is 1.77. The second-order valence-corrected chi connectivity index (χ2v) is 6.59. The molecule has 0 saturated carbocycles.